The average molecular weight is 314 g/mol. The Morgan fingerprint density at radius 3 is 2.61 bits per heavy atom. The van der Waals surface area contributed by atoms with Crippen molar-refractivity contribution in [3.8, 4) is 5.75 Å². The van der Waals surface area contributed by atoms with Crippen LogP contribution >= 0.6 is 0 Å². The van der Waals surface area contributed by atoms with E-state index in [2.05, 4.69) is 10.6 Å². The number of carbonyl (C=O) groups excluding carboxylic acids is 1. The van der Waals surface area contributed by atoms with Gasteiger partial charge in [0.2, 0.25) is 0 Å². The van der Waals surface area contributed by atoms with Crippen molar-refractivity contribution in [2.45, 2.75) is 19.6 Å². The molecule has 23 heavy (non-hydrogen) atoms. The summed E-state index contributed by atoms with van der Waals surface area (Å²) in [5, 5.41) is 14.9. The number of methoxy groups -OCH3 is 1. The first-order valence-corrected chi connectivity index (χ1v) is 7.55. The van der Waals surface area contributed by atoms with Crippen molar-refractivity contribution >= 4 is 6.03 Å². The summed E-state index contributed by atoms with van der Waals surface area (Å²) >= 11 is 0. The van der Waals surface area contributed by atoms with Gasteiger partial charge < -0.3 is 20.5 Å². The van der Waals surface area contributed by atoms with Crippen molar-refractivity contribution in [1.29, 1.82) is 0 Å². The molecule has 0 saturated heterocycles. The molecule has 0 aliphatic carbocycles. The number of carbonyl (C=O) groups is 1. The highest BCUT2D eigenvalue weighted by molar-refractivity contribution is 5.73. The van der Waals surface area contributed by atoms with Gasteiger partial charge in [-0.05, 0) is 35.2 Å². The van der Waals surface area contributed by atoms with Gasteiger partial charge >= 0.3 is 6.03 Å². The van der Waals surface area contributed by atoms with E-state index in [0.29, 0.717) is 13.1 Å². The van der Waals surface area contributed by atoms with E-state index in [9.17, 15) is 9.90 Å². The van der Waals surface area contributed by atoms with Crippen LogP contribution in [0.2, 0.25) is 0 Å². The number of hydrogen-bond donors (Lipinski definition) is 3. The zero-order valence-electron chi connectivity index (χ0n) is 13.2. The Hall–Kier alpha value is -2.53. The van der Waals surface area contributed by atoms with Crippen LogP contribution in [-0.2, 0) is 19.6 Å². The molecule has 0 saturated carbocycles. The van der Waals surface area contributed by atoms with Crippen LogP contribution in [0.3, 0.4) is 0 Å². The van der Waals surface area contributed by atoms with Crippen LogP contribution in [0.15, 0.2) is 48.5 Å². The molecule has 0 bridgehead atoms. The molecule has 0 aliphatic rings. The molecule has 122 valence electrons. The third-order valence-corrected chi connectivity index (χ3v) is 3.56. The maximum Gasteiger partial charge on any atom is 0.315 e. The second kappa shape index (κ2) is 8.80. The minimum atomic E-state index is -0.222. The lowest BCUT2D eigenvalue weighted by atomic mass is 10.1. The predicted octanol–water partition coefficient (Wildman–Crippen LogP) is 2.23. The normalized spacial score (nSPS) is 10.2. The van der Waals surface area contributed by atoms with Crippen LogP contribution in [0.1, 0.15) is 16.7 Å². The van der Waals surface area contributed by atoms with Gasteiger partial charge in [-0.15, -0.1) is 0 Å². The maximum atomic E-state index is 11.8. The van der Waals surface area contributed by atoms with Gasteiger partial charge in [0.05, 0.1) is 13.7 Å². The van der Waals surface area contributed by atoms with E-state index in [-0.39, 0.29) is 12.6 Å². The first kappa shape index (κ1) is 16.8. The number of urea groups is 1. The Morgan fingerprint density at radius 1 is 1.09 bits per heavy atom. The number of benzene rings is 2. The topological polar surface area (TPSA) is 70.6 Å². The Labute approximate surface area is 136 Å². The van der Waals surface area contributed by atoms with Crippen molar-refractivity contribution in [1.82, 2.24) is 10.6 Å². The molecule has 0 atom stereocenters. The molecule has 2 aromatic rings. The van der Waals surface area contributed by atoms with E-state index >= 15 is 0 Å². The number of aliphatic hydroxyl groups is 1. The van der Waals surface area contributed by atoms with Crippen LogP contribution < -0.4 is 15.4 Å². The summed E-state index contributed by atoms with van der Waals surface area (Å²) in [5.41, 5.74) is 2.84. The molecule has 5 nitrogen and oxygen atoms in total. The lowest BCUT2D eigenvalue weighted by molar-refractivity contribution is 0.240. The fraction of sp³-hybridized carbons (Fsp3) is 0.278. The number of nitrogens with one attached hydrogen (secondary N) is 2. The molecule has 0 spiro atoms. The van der Waals surface area contributed by atoms with Gasteiger partial charge in [-0.25, -0.2) is 4.79 Å². The molecular formula is C18H22N2O3. The van der Waals surface area contributed by atoms with Crippen molar-refractivity contribution in [2.24, 2.45) is 0 Å². The highest BCUT2D eigenvalue weighted by Gasteiger charge is 2.04. The highest BCUT2D eigenvalue weighted by Crippen LogP contribution is 2.12. The van der Waals surface area contributed by atoms with Gasteiger partial charge in [0.25, 0.3) is 0 Å². The highest BCUT2D eigenvalue weighted by atomic mass is 16.5. The fourth-order valence-electron chi connectivity index (χ4n) is 2.27. The van der Waals surface area contributed by atoms with E-state index in [0.717, 1.165) is 28.9 Å². The predicted molar refractivity (Wildman–Crippen MR) is 89.3 cm³/mol. The summed E-state index contributed by atoms with van der Waals surface area (Å²) in [5.74, 6) is 0.813. The zero-order chi connectivity index (χ0) is 16.5. The zero-order valence-corrected chi connectivity index (χ0v) is 13.2. The molecule has 0 unspecified atom stereocenters. The third-order valence-electron chi connectivity index (χ3n) is 3.56. The number of aliphatic hydroxyl groups excluding tert-OH is 1. The lowest BCUT2D eigenvalue weighted by Gasteiger charge is -2.10. The monoisotopic (exact) mass is 314 g/mol. The molecule has 2 rings (SSSR count). The van der Waals surface area contributed by atoms with Crippen molar-refractivity contribution in [2.75, 3.05) is 13.7 Å². The number of amides is 2. The molecule has 3 N–H and O–H groups in total. The van der Waals surface area contributed by atoms with Crippen LogP contribution in [0.4, 0.5) is 4.79 Å². The van der Waals surface area contributed by atoms with Gasteiger partial charge in [-0.2, -0.15) is 0 Å². The first-order valence-electron chi connectivity index (χ1n) is 7.55. The summed E-state index contributed by atoms with van der Waals surface area (Å²) < 4.78 is 5.17. The van der Waals surface area contributed by atoms with Crippen LogP contribution in [0.5, 0.6) is 5.75 Å². The summed E-state index contributed by atoms with van der Waals surface area (Å²) in [4.78, 5) is 11.8. The van der Waals surface area contributed by atoms with Gasteiger partial charge in [0, 0.05) is 13.1 Å². The molecule has 0 fully saturated rings. The lowest BCUT2D eigenvalue weighted by Crippen LogP contribution is -2.36. The fourth-order valence-corrected chi connectivity index (χ4v) is 2.27. The summed E-state index contributed by atoms with van der Waals surface area (Å²) in [6.45, 7) is 0.900. The molecule has 0 aromatic heterocycles. The Balaban J connectivity index is 1.74. The van der Waals surface area contributed by atoms with E-state index in [1.807, 2.05) is 48.5 Å². The van der Waals surface area contributed by atoms with Crippen molar-refractivity contribution in [3.05, 3.63) is 65.2 Å². The van der Waals surface area contributed by atoms with Gasteiger partial charge in [-0.3, -0.25) is 0 Å². The SMILES string of the molecule is COc1cccc(CCNC(=O)NCc2ccccc2CO)c1. The summed E-state index contributed by atoms with van der Waals surface area (Å²) in [6.07, 6.45) is 0.734. The van der Waals surface area contributed by atoms with Crippen LogP contribution in [0.25, 0.3) is 0 Å². The van der Waals surface area contributed by atoms with Crippen molar-refractivity contribution in [3.63, 3.8) is 0 Å². The minimum absolute atomic E-state index is 0.0324. The Kier molecular flexibility index (Phi) is 6.44. The second-order valence-electron chi connectivity index (χ2n) is 5.14. The van der Waals surface area contributed by atoms with E-state index in [1.165, 1.54) is 0 Å². The number of rotatable bonds is 7. The molecule has 5 heteroatoms. The van der Waals surface area contributed by atoms with E-state index in [4.69, 9.17) is 4.74 Å². The van der Waals surface area contributed by atoms with E-state index < -0.39 is 0 Å². The smallest absolute Gasteiger partial charge is 0.315 e. The molecule has 0 aliphatic heterocycles. The number of ether oxygens (including phenoxy) is 1. The Bertz CT molecular complexity index is 644. The average Bonchev–Trinajstić information content (AvgIpc) is 2.60. The molecule has 2 aromatic carbocycles. The number of hydrogen-bond acceptors (Lipinski definition) is 3. The minimum Gasteiger partial charge on any atom is -0.497 e. The van der Waals surface area contributed by atoms with E-state index in [1.54, 1.807) is 7.11 Å². The molecular weight excluding hydrogens is 292 g/mol. The van der Waals surface area contributed by atoms with Crippen LogP contribution in [0, 0.1) is 0 Å². The first-order chi connectivity index (χ1) is 11.2. The Morgan fingerprint density at radius 2 is 1.87 bits per heavy atom. The standard InChI is InChI=1S/C18H22N2O3/c1-23-17-8-4-5-14(11-17)9-10-19-18(22)20-12-15-6-2-3-7-16(15)13-21/h2-8,11,21H,9-10,12-13H2,1H3,(H2,19,20,22). The molecule has 0 radical (unpaired) electrons. The summed E-state index contributed by atoms with van der Waals surface area (Å²) in [6, 6.07) is 15.0. The van der Waals surface area contributed by atoms with Gasteiger partial charge in [0.1, 0.15) is 5.75 Å². The molecule has 2 amide bonds. The third kappa shape index (κ3) is 5.30. The van der Waals surface area contributed by atoms with Gasteiger partial charge in [0.15, 0.2) is 0 Å². The molecule has 0 heterocycles. The maximum absolute atomic E-state index is 11.8. The second-order valence-corrected chi connectivity index (χ2v) is 5.14. The van der Waals surface area contributed by atoms with Gasteiger partial charge in [-0.1, -0.05) is 36.4 Å². The largest absolute Gasteiger partial charge is 0.497 e. The van der Waals surface area contributed by atoms with Crippen molar-refractivity contribution < 1.29 is 14.6 Å². The summed E-state index contributed by atoms with van der Waals surface area (Å²) in [7, 11) is 1.63. The van der Waals surface area contributed by atoms with Crippen LogP contribution in [-0.4, -0.2) is 24.8 Å². The quantitative estimate of drug-likeness (QED) is 0.734.